The van der Waals surface area contributed by atoms with Gasteiger partial charge in [-0.15, -0.1) is 0 Å². The van der Waals surface area contributed by atoms with Gasteiger partial charge >= 0.3 is 0 Å². The van der Waals surface area contributed by atoms with Gasteiger partial charge in [-0.2, -0.15) is 5.26 Å². The lowest BCUT2D eigenvalue weighted by molar-refractivity contribution is -0.136. The lowest BCUT2D eigenvalue weighted by Gasteiger charge is -2.34. The smallest absolute Gasteiger partial charge is 0.262 e. The summed E-state index contributed by atoms with van der Waals surface area (Å²) in [5.41, 5.74) is 5.95. The highest BCUT2D eigenvalue weighted by molar-refractivity contribution is 6.32. The van der Waals surface area contributed by atoms with Gasteiger partial charge < -0.3 is 14.7 Å². The second-order valence-electron chi connectivity index (χ2n) is 15.2. The number of nitrogens with one attached hydrogen (secondary N) is 1. The monoisotopic (exact) mass is 747 g/mol. The van der Waals surface area contributed by atoms with Crippen molar-refractivity contribution < 1.29 is 24.0 Å². The minimum absolute atomic E-state index is 0.0529. The third-order valence-corrected chi connectivity index (χ3v) is 12.1. The number of imide groups is 2. The van der Waals surface area contributed by atoms with Crippen LogP contribution in [0.3, 0.4) is 0 Å². The van der Waals surface area contributed by atoms with Crippen LogP contribution < -0.4 is 15.1 Å². The number of carbonyl (C=O) groups is 5. The van der Waals surface area contributed by atoms with Crippen LogP contribution in [0, 0.1) is 17.2 Å². The van der Waals surface area contributed by atoms with E-state index in [-0.39, 0.29) is 18.7 Å². The molecule has 5 aliphatic rings. The van der Waals surface area contributed by atoms with E-state index in [0.717, 1.165) is 72.8 Å². The van der Waals surface area contributed by atoms with Crippen LogP contribution in [0.4, 0.5) is 11.4 Å². The number of hydrogen-bond donors (Lipinski definition) is 1. The van der Waals surface area contributed by atoms with Gasteiger partial charge in [0.25, 0.3) is 17.7 Å². The molecule has 5 aliphatic heterocycles. The maximum absolute atomic E-state index is 13.5. The molecule has 0 radical (unpaired) electrons. The Labute approximate surface area is 319 Å². The summed E-state index contributed by atoms with van der Waals surface area (Å²) in [5.74, 6) is -1.48. The standard InChI is InChI=1S/C41H42ClN7O5/c1-25-10-13-46(16-17-48(25)32-7-4-28(21-43)35(42)20-32)31-5-2-27(3-6-31)39(52)47-14-11-26(12-15-47)22-45-23-29-18-33-34(19-30(29)24-45)41(54)49(40(33)53)36-8-9-37(50)44-38(36)51/h2-7,18-20,25-26,36H,8-17,22-24H2,1H3,(H,44,50,51)/t25-,36?/m0/s1. The van der Waals surface area contributed by atoms with Crippen molar-refractivity contribution in [2.75, 3.05) is 49.1 Å². The fraction of sp³-hybridized carbons (Fsp3) is 0.415. The van der Waals surface area contributed by atoms with Gasteiger partial charge in [0.1, 0.15) is 12.1 Å². The zero-order chi connectivity index (χ0) is 37.7. The summed E-state index contributed by atoms with van der Waals surface area (Å²) in [6.45, 7) is 8.34. The molecule has 1 N–H and O–H groups in total. The van der Waals surface area contributed by atoms with Crippen molar-refractivity contribution in [1.29, 1.82) is 5.26 Å². The third kappa shape index (κ3) is 6.71. The SMILES string of the molecule is C[C@H]1CCN(c2ccc(C(=O)N3CCC(CN4Cc5cc6c(cc5C4)C(=O)N(C4CCC(=O)NC4=O)C6=O)CC3)cc2)CCN1c1ccc(C#N)c(Cl)c1. The summed E-state index contributed by atoms with van der Waals surface area (Å²) in [6.07, 6.45) is 2.99. The summed E-state index contributed by atoms with van der Waals surface area (Å²) in [6, 6.07) is 18.7. The van der Waals surface area contributed by atoms with Crippen LogP contribution in [0.1, 0.15) is 86.8 Å². The van der Waals surface area contributed by atoms with Gasteiger partial charge in [-0.1, -0.05) is 11.6 Å². The van der Waals surface area contributed by atoms with E-state index < -0.39 is 29.7 Å². The van der Waals surface area contributed by atoms with Crippen LogP contribution in [-0.4, -0.2) is 95.6 Å². The van der Waals surface area contributed by atoms with Crippen LogP contribution in [0.15, 0.2) is 54.6 Å². The number of hydrogen-bond acceptors (Lipinski definition) is 9. The Morgan fingerprint density at radius 3 is 2.13 bits per heavy atom. The Morgan fingerprint density at radius 2 is 1.50 bits per heavy atom. The minimum Gasteiger partial charge on any atom is -0.370 e. The van der Waals surface area contributed by atoms with Gasteiger partial charge in [-0.05, 0) is 104 Å². The van der Waals surface area contributed by atoms with Crippen LogP contribution in [0.5, 0.6) is 0 Å². The Bertz CT molecular complexity index is 2040. The van der Waals surface area contributed by atoms with Crippen molar-refractivity contribution in [2.24, 2.45) is 5.92 Å². The van der Waals surface area contributed by atoms with Crippen molar-refractivity contribution in [2.45, 2.75) is 64.2 Å². The molecule has 5 heterocycles. The average Bonchev–Trinajstić information content (AvgIpc) is 3.59. The van der Waals surface area contributed by atoms with Crippen molar-refractivity contribution in [3.05, 3.63) is 93.0 Å². The Hall–Kier alpha value is -5.25. The van der Waals surface area contributed by atoms with Gasteiger partial charge in [0.05, 0.1) is 21.7 Å². The molecule has 2 atom stereocenters. The van der Waals surface area contributed by atoms with Crippen LogP contribution >= 0.6 is 11.6 Å². The summed E-state index contributed by atoms with van der Waals surface area (Å²) in [4.78, 5) is 74.2. The minimum atomic E-state index is -0.970. The highest BCUT2D eigenvalue weighted by Crippen LogP contribution is 2.35. The van der Waals surface area contributed by atoms with Crippen LogP contribution in [0.2, 0.25) is 5.02 Å². The number of anilines is 2. The quantitative estimate of drug-likeness (QED) is 0.359. The predicted molar refractivity (Wildman–Crippen MR) is 202 cm³/mol. The van der Waals surface area contributed by atoms with Crippen molar-refractivity contribution in [3.63, 3.8) is 0 Å². The second-order valence-corrected chi connectivity index (χ2v) is 15.6. The molecule has 3 aromatic carbocycles. The van der Waals surface area contributed by atoms with Gasteiger partial charge in [0.2, 0.25) is 11.8 Å². The molecular formula is C41H42ClN7O5. The first-order chi connectivity index (χ1) is 26.1. The molecule has 12 nitrogen and oxygen atoms in total. The molecule has 3 saturated heterocycles. The first kappa shape index (κ1) is 35.8. The number of halogens is 1. The molecule has 8 rings (SSSR count). The molecule has 0 aliphatic carbocycles. The fourth-order valence-corrected chi connectivity index (χ4v) is 8.94. The fourth-order valence-electron chi connectivity index (χ4n) is 8.72. The Morgan fingerprint density at radius 1 is 0.833 bits per heavy atom. The molecule has 278 valence electrons. The zero-order valence-corrected chi connectivity index (χ0v) is 31.0. The molecule has 5 amide bonds. The summed E-state index contributed by atoms with van der Waals surface area (Å²) in [7, 11) is 0. The maximum Gasteiger partial charge on any atom is 0.262 e. The summed E-state index contributed by atoms with van der Waals surface area (Å²) >= 11 is 6.34. The number of benzene rings is 3. The van der Waals surface area contributed by atoms with E-state index in [1.165, 1.54) is 0 Å². The molecule has 0 bridgehead atoms. The Balaban J connectivity index is 0.824. The lowest BCUT2D eigenvalue weighted by Crippen LogP contribution is -2.54. The number of carbonyl (C=O) groups excluding carboxylic acids is 5. The van der Waals surface area contributed by atoms with E-state index in [1.54, 1.807) is 18.2 Å². The molecule has 13 heteroatoms. The van der Waals surface area contributed by atoms with E-state index in [0.29, 0.717) is 65.4 Å². The van der Waals surface area contributed by atoms with Gasteiger partial charge in [0, 0.05) is 81.8 Å². The van der Waals surface area contributed by atoms with Gasteiger partial charge in [0.15, 0.2) is 0 Å². The molecular weight excluding hydrogens is 706 g/mol. The number of rotatable bonds is 6. The number of piperidine rings is 2. The highest BCUT2D eigenvalue weighted by atomic mass is 35.5. The molecule has 1 unspecified atom stereocenters. The first-order valence-electron chi connectivity index (χ1n) is 18.8. The number of fused-ring (bicyclic) bond motifs is 2. The molecule has 3 aromatic rings. The molecule has 0 saturated carbocycles. The van der Waals surface area contributed by atoms with Crippen molar-refractivity contribution >= 4 is 52.5 Å². The zero-order valence-electron chi connectivity index (χ0n) is 30.2. The van der Waals surface area contributed by atoms with E-state index in [1.807, 2.05) is 41.3 Å². The second kappa shape index (κ2) is 14.5. The van der Waals surface area contributed by atoms with E-state index in [9.17, 15) is 29.2 Å². The van der Waals surface area contributed by atoms with Gasteiger partial charge in [-0.3, -0.25) is 39.1 Å². The number of amides is 5. The topological polar surface area (TPSA) is 137 Å². The van der Waals surface area contributed by atoms with Crippen LogP contribution in [-0.2, 0) is 22.7 Å². The predicted octanol–water partition coefficient (Wildman–Crippen LogP) is 4.59. The van der Waals surface area contributed by atoms with E-state index in [4.69, 9.17) is 11.6 Å². The molecule has 54 heavy (non-hydrogen) atoms. The number of nitrogens with zero attached hydrogens (tertiary/aromatic N) is 6. The number of likely N-dealkylation sites (tertiary alicyclic amines) is 1. The normalized spacial score (nSPS) is 22.2. The first-order valence-corrected chi connectivity index (χ1v) is 19.2. The van der Waals surface area contributed by atoms with Crippen LogP contribution in [0.25, 0.3) is 0 Å². The highest BCUT2D eigenvalue weighted by Gasteiger charge is 2.45. The third-order valence-electron chi connectivity index (χ3n) is 11.8. The largest absolute Gasteiger partial charge is 0.370 e. The summed E-state index contributed by atoms with van der Waals surface area (Å²) < 4.78 is 0. The summed E-state index contributed by atoms with van der Waals surface area (Å²) in [5, 5.41) is 12.0. The molecule has 0 aromatic heterocycles. The number of nitriles is 1. The molecule has 3 fully saturated rings. The lowest BCUT2D eigenvalue weighted by atomic mass is 9.95. The van der Waals surface area contributed by atoms with Crippen molar-refractivity contribution in [1.82, 2.24) is 20.0 Å². The van der Waals surface area contributed by atoms with Crippen molar-refractivity contribution in [3.8, 4) is 6.07 Å². The molecule has 0 spiro atoms. The average molecular weight is 748 g/mol. The maximum atomic E-state index is 13.5. The van der Waals surface area contributed by atoms with E-state index >= 15 is 0 Å². The van der Waals surface area contributed by atoms with E-state index in [2.05, 4.69) is 33.0 Å². The Kier molecular flexibility index (Phi) is 9.62. The van der Waals surface area contributed by atoms with Gasteiger partial charge in [-0.25, -0.2) is 0 Å².